The smallest absolute Gasteiger partial charge is 0.192 e. The van der Waals surface area contributed by atoms with Crippen LogP contribution in [0.5, 0.6) is 0 Å². The van der Waals surface area contributed by atoms with E-state index < -0.39 is 0 Å². The van der Waals surface area contributed by atoms with E-state index in [4.69, 9.17) is 5.73 Å². The highest BCUT2D eigenvalue weighted by molar-refractivity contribution is 5.85. The SMILES string of the molecule is CCCN1C(N)=NCC1(C)c1ccc2ccccc2c1. The normalized spacial score (nSPS) is 22.3. The Balaban J connectivity index is 2.05. The van der Waals surface area contributed by atoms with Gasteiger partial charge in [0.05, 0.1) is 12.1 Å². The van der Waals surface area contributed by atoms with Crippen molar-refractivity contribution in [1.82, 2.24) is 4.90 Å². The van der Waals surface area contributed by atoms with Gasteiger partial charge in [0.25, 0.3) is 0 Å². The van der Waals surface area contributed by atoms with Gasteiger partial charge >= 0.3 is 0 Å². The predicted molar refractivity (Wildman–Crippen MR) is 84.8 cm³/mol. The Hall–Kier alpha value is -2.03. The third-order valence-corrected chi connectivity index (χ3v) is 4.24. The fourth-order valence-electron chi connectivity index (χ4n) is 3.01. The van der Waals surface area contributed by atoms with Gasteiger partial charge in [-0.15, -0.1) is 0 Å². The van der Waals surface area contributed by atoms with E-state index in [1.54, 1.807) is 0 Å². The lowest BCUT2D eigenvalue weighted by atomic mass is 9.89. The van der Waals surface area contributed by atoms with Gasteiger partial charge in [-0.1, -0.05) is 43.3 Å². The molecule has 3 heteroatoms. The molecule has 2 aromatic rings. The summed E-state index contributed by atoms with van der Waals surface area (Å²) in [6, 6.07) is 15.1. The van der Waals surface area contributed by atoms with Crippen molar-refractivity contribution in [2.24, 2.45) is 10.7 Å². The maximum absolute atomic E-state index is 6.07. The molecule has 3 nitrogen and oxygen atoms in total. The third kappa shape index (κ3) is 1.94. The number of rotatable bonds is 3. The molecule has 3 rings (SSSR count). The summed E-state index contributed by atoms with van der Waals surface area (Å²) in [5.41, 5.74) is 7.23. The van der Waals surface area contributed by atoms with E-state index in [2.05, 4.69) is 66.2 Å². The molecule has 104 valence electrons. The van der Waals surface area contributed by atoms with Gasteiger partial charge < -0.3 is 10.6 Å². The molecule has 0 saturated heterocycles. The molecule has 0 spiro atoms. The number of hydrogen-bond donors (Lipinski definition) is 1. The lowest BCUT2D eigenvalue weighted by Crippen LogP contribution is -2.47. The van der Waals surface area contributed by atoms with E-state index in [0.29, 0.717) is 5.96 Å². The average molecular weight is 267 g/mol. The van der Waals surface area contributed by atoms with E-state index in [1.807, 2.05) is 0 Å². The van der Waals surface area contributed by atoms with E-state index in [-0.39, 0.29) is 5.54 Å². The number of fused-ring (bicyclic) bond motifs is 1. The Morgan fingerprint density at radius 2 is 1.95 bits per heavy atom. The van der Waals surface area contributed by atoms with Crippen LogP contribution in [0, 0.1) is 0 Å². The lowest BCUT2D eigenvalue weighted by molar-refractivity contribution is 0.225. The van der Waals surface area contributed by atoms with Crippen LogP contribution in [0.3, 0.4) is 0 Å². The molecule has 1 atom stereocenters. The lowest BCUT2D eigenvalue weighted by Gasteiger charge is -2.36. The molecule has 0 radical (unpaired) electrons. The number of guanidine groups is 1. The molecule has 1 heterocycles. The van der Waals surface area contributed by atoms with Gasteiger partial charge in [-0.2, -0.15) is 0 Å². The molecule has 1 unspecified atom stereocenters. The van der Waals surface area contributed by atoms with Crippen molar-refractivity contribution >= 4 is 16.7 Å². The van der Waals surface area contributed by atoms with Crippen molar-refractivity contribution < 1.29 is 0 Å². The summed E-state index contributed by atoms with van der Waals surface area (Å²) < 4.78 is 0. The summed E-state index contributed by atoms with van der Waals surface area (Å²) in [5, 5.41) is 2.54. The minimum Gasteiger partial charge on any atom is -0.370 e. The standard InChI is InChI=1S/C17H21N3/c1-3-10-20-16(18)19-12-17(20,2)15-9-8-13-6-4-5-7-14(13)11-15/h4-9,11H,3,10,12H2,1-2H3,(H2,18,19). The highest BCUT2D eigenvalue weighted by Crippen LogP contribution is 2.34. The maximum atomic E-state index is 6.07. The van der Waals surface area contributed by atoms with Gasteiger partial charge in [0.1, 0.15) is 0 Å². The first-order chi connectivity index (χ1) is 9.65. The van der Waals surface area contributed by atoms with Crippen LogP contribution in [0.15, 0.2) is 47.5 Å². The van der Waals surface area contributed by atoms with Crippen molar-refractivity contribution in [1.29, 1.82) is 0 Å². The quantitative estimate of drug-likeness (QED) is 0.928. The van der Waals surface area contributed by atoms with Crippen molar-refractivity contribution in [2.45, 2.75) is 25.8 Å². The second-order valence-corrected chi connectivity index (χ2v) is 5.66. The van der Waals surface area contributed by atoms with Gasteiger partial charge in [0.15, 0.2) is 5.96 Å². The Labute approximate surface area is 120 Å². The zero-order valence-electron chi connectivity index (χ0n) is 12.1. The molecule has 0 bridgehead atoms. The minimum atomic E-state index is -0.121. The summed E-state index contributed by atoms with van der Waals surface area (Å²) in [7, 11) is 0. The fraction of sp³-hybridized carbons (Fsp3) is 0.353. The molecule has 0 saturated carbocycles. The van der Waals surface area contributed by atoms with Gasteiger partial charge in [0, 0.05) is 6.54 Å². The van der Waals surface area contributed by atoms with Crippen molar-refractivity contribution in [3.05, 3.63) is 48.0 Å². The Morgan fingerprint density at radius 3 is 2.70 bits per heavy atom. The minimum absolute atomic E-state index is 0.121. The maximum Gasteiger partial charge on any atom is 0.192 e. The summed E-state index contributed by atoms with van der Waals surface area (Å²) in [6.45, 7) is 6.08. The first-order valence-electron chi connectivity index (χ1n) is 7.22. The van der Waals surface area contributed by atoms with Crippen molar-refractivity contribution in [2.75, 3.05) is 13.1 Å². The van der Waals surface area contributed by atoms with E-state index in [0.717, 1.165) is 19.5 Å². The Bertz CT molecular complexity index is 662. The summed E-state index contributed by atoms with van der Waals surface area (Å²) in [5.74, 6) is 0.669. The number of nitrogens with zero attached hydrogens (tertiary/aromatic N) is 2. The molecular formula is C17H21N3. The highest BCUT2D eigenvalue weighted by Gasteiger charge is 2.38. The molecule has 0 aliphatic carbocycles. The first-order valence-corrected chi connectivity index (χ1v) is 7.22. The van der Waals surface area contributed by atoms with Crippen LogP contribution in [0.25, 0.3) is 10.8 Å². The molecule has 20 heavy (non-hydrogen) atoms. The number of aliphatic imine (C=N–C) groups is 1. The molecule has 1 aliphatic rings. The van der Waals surface area contributed by atoms with Crippen LogP contribution >= 0.6 is 0 Å². The van der Waals surface area contributed by atoms with Crippen LogP contribution in [0.4, 0.5) is 0 Å². The second kappa shape index (κ2) is 4.82. The molecule has 0 aromatic heterocycles. The van der Waals surface area contributed by atoms with Gasteiger partial charge in [-0.3, -0.25) is 4.99 Å². The van der Waals surface area contributed by atoms with Crippen LogP contribution in [0.1, 0.15) is 25.8 Å². The monoisotopic (exact) mass is 267 g/mol. The van der Waals surface area contributed by atoms with Gasteiger partial charge in [-0.25, -0.2) is 0 Å². The highest BCUT2D eigenvalue weighted by atomic mass is 15.3. The number of benzene rings is 2. The Kier molecular flexibility index (Phi) is 3.13. The van der Waals surface area contributed by atoms with E-state index in [1.165, 1.54) is 16.3 Å². The number of hydrogen-bond acceptors (Lipinski definition) is 3. The predicted octanol–water partition coefficient (Wildman–Crippen LogP) is 3.10. The fourth-order valence-corrected chi connectivity index (χ4v) is 3.01. The molecule has 2 N–H and O–H groups in total. The molecule has 2 aromatic carbocycles. The summed E-state index contributed by atoms with van der Waals surface area (Å²) in [6.07, 6.45) is 1.07. The zero-order chi connectivity index (χ0) is 14.2. The van der Waals surface area contributed by atoms with E-state index in [9.17, 15) is 0 Å². The topological polar surface area (TPSA) is 41.6 Å². The Morgan fingerprint density at radius 1 is 1.20 bits per heavy atom. The number of nitrogens with two attached hydrogens (primary N) is 1. The van der Waals surface area contributed by atoms with Crippen LogP contribution in [-0.2, 0) is 5.54 Å². The van der Waals surface area contributed by atoms with Crippen LogP contribution in [0.2, 0.25) is 0 Å². The second-order valence-electron chi connectivity index (χ2n) is 5.66. The van der Waals surface area contributed by atoms with E-state index >= 15 is 0 Å². The van der Waals surface area contributed by atoms with Crippen LogP contribution in [-0.4, -0.2) is 23.9 Å². The first kappa shape index (κ1) is 13.0. The largest absolute Gasteiger partial charge is 0.370 e. The zero-order valence-corrected chi connectivity index (χ0v) is 12.1. The molecule has 0 fully saturated rings. The van der Waals surface area contributed by atoms with Gasteiger partial charge in [-0.05, 0) is 35.7 Å². The molecule has 0 amide bonds. The van der Waals surface area contributed by atoms with Crippen molar-refractivity contribution in [3.63, 3.8) is 0 Å². The third-order valence-electron chi connectivity index (χ3n) is 4.24. The molecular weight excluding hydrogens is 246 g/mol. The summed E-state index contributed by atoms with van der Waals surface area (Å²) in [4.78, 5) is 6.70. The average Bonchev–Trinajstić information content (AvgIpc) is 2.77. The van der Waals surface area contributed by atoms with Crippen LogP contribution < -0.4 is 5.73 Å². The molecule has 1 aliphatic heterocycles. The summed E-state index contributed by atoms with van der Waals surface area (Å²) >= 11 is 0. The van der Waals surface area contributed by atoms with Gasteiger partial charge in [0.2, 0.25) is 0 Å². The van der Waals surface area contributed by atoms with Crippen molar-refractivity contribution in [3.8, 4) is 0 Å².